The van der Waals surface area contributed by atoms with E-state index in [1.807, 2.05) is 49.4 Å². The van der Waals surface area contributed by atoms with Gasteiger partial charge in [-0.3, -0.25) is 14.2 Å². The quantitative estimate of drug-likeness (QED) is 0.646. The summed E-state index contributed by atoms with van der Waals surface area (Å²) in [6.45, 7) is 1.93. The third-order valence-corrected chi connectivity index (χ3v) is 7.24. The number of pyridine rings is 1. The molecule has 2 atom stereocenters. The van der Waals surface area contributed by atoms with Crippen molar-refractivity contribution in [2.45, 2.75) is 38.3 Å². The van der Waals surface area contributed by atoms with Crippen molar-refractivity contribution in [1.29, 1.82) is 0 Å². The first kappa shape index (κ1) is 17.8. The van der Waals surface area contributed by atoms with Crippen LogP contribution in [0.2, 0.25) is 0 Å². The van der Waals surface area contributed by atoms with Gasteiger partial charge in [0.1, 0.15) is 5.78 Å². The summed E-state index contributed by atoms with van der Waals surface area (Å²) in [5.74, 6) is 0.0600. The van der Waals surface area contributed by atoms with Crippen LogP contribution < -0.4 is 5.56 Å². The lowest BCUT2D eigenvalue weighted by Gasteiger charge is -2.34. The number of carbonyl (C=O) groups is 1. The van der Waals surface area contributed by atoms with Crippen molar-refractivity contribution in [1.82, 2.24) is 4.57 Å². The maximum Gasteiger partial charge on any atom is 0.261 e. The molecule has 1 aliphatic heterocycles. The molecule has 1 fully saturated rings. The fourth-order valence-corrected chi connectivity index (χ4v) is 5.71. The number of aliphatic hydroxyl groups is 1. The molecule has 1 N–H and O–H groups in total. The summed E-state index contributed by atoms with van der Waals surface area (Å²) in [7, 11) is 0. The second-order valence-electron chi connectivity index (χ2n) is 7.87. The van der Waals surface area contributed by atoms with E-state index in [4.69, 9.17) is 0 Å². The number of ketones is 1. The predicted molar refractivity (Wildman–Crippen MR) is 112 cm³/mol. The SMILES string of the molecule is CC[C@@]12Cc3c(-c4ccccc4)c4cc(Br)ccc4c(=O)n3[C@]1(O)CCC2=O. The number of hydrogen-bond donors (Lipinski definition) is 1. The third-order valence-electron chi connectivity index (χ3n) is 6.75. The highest BCUT2D eigenvalue weighted by Gasteiger charge is 2.65. The van der Waals surface area contributed by atoms with E-state index in [9.17, 15) is 14.7 Å². The van der Waals surface area contributed by atoms with Crippen molar-refractivity contribution < 1.29 is 9.90 Å². The summed E-state index contributed by atoms with van der Waals surface area (Å²) < 4.78 is 2.43. The van der Waals surface area contributed by atoms with Gasteiger partial charge in [-0.05, 0) is 35.6 Å². The Kier molecular flexibility index (Phi) is 3.74. The van der Waals surface area contributed by atoms with Crippen molar-refractivity contribution in [3.05, 3.63) is 69.1 Å². The fraction of sp³-hybridized carbons (Fsp3) is 0.304. The largest absolute Gasteiger partial charge is 0.369 e. The summed E-state index contributed by atoms with van der Waals surface area (Å²) in [5, 5.41) is 13.1. The van der Waals surface area contributed by atoms with Gasteiger partial charge in [0.25, 0.3) is 5.56 Å². The number of carbonyl (C=O) groups excluding carboxylic acids is 1. The van der Waals surface area contributed by atoms with Gasteiger partial charge in [0, 0.05) is 40.4 Å². The number of fused-ring (bicyclic) bond motifs is 4. The van der Waals surface area contributed by atoms with Crippen LogP contribution in [0.3, 0.4) is 0 Å². The van der Waals surface area contributed by atoms with E-state index in [-0.39, 0.29) is 11.3 Å². The molecule has 0 spiro atoms. The molecule has 0 amide bonds. The van der Waals surface area contributed by atoms with E-state index < -0.39 is 11.1 Å². The number of rotatable bonds is 2. The van der Waals surface area contributed by atoms with Crippen LogP contribution in [-0.2, 0) is 16.9 Å². The average molecular weight is 438 g/mol. The smallest absolute Gasteiger partial charge is 0.261 e. The molecule has 2 heterocycles. The second kappa shape index (κ2) is 5.88. The molecular weight excluding hydrogens is 418 g/mol. The molecule has 2 aliphatic rings. The number of halogens is 1. The predicted octanol–water partition coefficient (Wildman–Crippen LogP) is 4.39. The van der Waals surface area contributed by atoms with Gasteiger partial charge < -0.3 is 5.11 Å². The molecule has 0 bridgehead atoms. The minimum Gasteiger partial charge on any atom is -0.369 e. The molecule has 0 radical (unpaired) electrons. The molecule has 1 saturated carbocycles. The Morgan fingerprint density at radius 1 is 1.11 bits per heavy atom. The van der Waals surface area contributed by atoms with Crippen molar-refractivity contribution in [2.24, 2.45) is 5.41 Å². The standard InChI is InChI=1S/C23H20BrNO3/c1-2-22-13-18-20(14-6-4-3-5-7-14)17-12-15(24)8-9-16(17)21(27)25(18)23(22,28)11-10-19(22)26/h3-9,12,28H,2,10-11,13H2,1H3/t22-,23-/m0/s1. The maximum atomic E-state index is 13.5. The van der Waals surface area contributed by atoms with Crippen LogP contribution >= 0.6 is 15.9 Å². The van der Waals surface area contributed by atoms with Crippen molar-refractivity contribution in [2.75, 3.05) is 0 Å². The van der Waals surface area contributed by atoms with Gasteiger partial charge in [0.2, 0.25) is 0 Å². The van der Waals surface area contributed by atoms with Crippen LogP contribution in [0.4, 0.5) is 0 Å². The molecule has 2 aromatic carbocycles. The molecule has 28 heavy (non-hydrogen) atoms. The molecule has 4 nitrogen and oxygen atoms in total. The van der Waals surface area contributed by atoms with Gasteiger partial charge in [-0.1, -0.05) is 53.2 Å². The lowest BCUT2D eigenvalue weighted by molar-refractivity contribution is -0.146. The van der Waals surface area contributed by atoms with Gasteiger partial charge in [-0.2, -0.15) is 0 Å². The number of hydrogen-bond acceptors (Lipinski definition) is 3. The Labute approximate surface area is 170 Å². The highest BCUT2D eigenvalue weighted by atomic mass is 79.9. The van der Waals surface area contributed by atoms with E-state index >= 15 is 0 Å². The summed E-state index contributed by atoms with van der Waals surface area (Å²) in [5.41, 5.74) is 0.0911. The Morgan fingerprint density at radius 2 is 1.86 bits per heavy atom. The van der Waals surface area contributed by atoms with E-state index in [1.54, 1.807) is 10.6 Å². The zero-order valence-electron chi connectivity index (χ0n) is 15.5. The number of aromatic nitrogens is 1. The van der Waals surface area contributed by atoms with E-state index in [1.165, 1.54) is 0 Å². The lowest BCUT2D eigenvalue weighted by Crippen LogP contribution is -2.48. The minimum absolute atomic E-state index is 0.0600. The molecule has 0 unspecified atom stereocenters. The first-order valence-corrected chi connectivity index (χ1v) is 10.4. The third kappa shape index (κ3) is 2.04. The number of benzene rings is 2. The first-order chi connectivity index (χ1) is 13.4. The zero-order valence-corrected chi connectivity index (χ0v) is 17.1. The highest BCUT2D eigenvalue weighted by Crippen LogP contribution is 2.57. The Hall–Kier alpha value is -2.24. The van der Waals surface area contributed by atoms with Crippen LogP contribution in [-0.4, -0.2) is 15.5 Å². The van der Waals surface area contributed by atoms with Crippen molar-refractivity contribution in [3.8, 4) is 11.1 Å². The summed E-state index contributed by atoms with van der Waals surface area (Å²) in [4.78, 5) is 26.4. The van der Waals surface area contributed by atoms with Crippen molar-refractivity contribution in [3.63, 3.8) is 0 Å². The molecular formula is C23H20BrNO3. The zero-order chi connectivity index (χ0) is 19.7. The maximum absolute atomic E-state index is 13.5. The van der Waals surface area contributed by atoms with Gasteiger partial charge >= 0.3 is 0 Å². The van der Waals surface area contributed by atoms with Gasteiger partial charge in [0.05, 0.1) is 5.41 Å². The van der Waals surface area contributed by atoms with E-state index in [0.29, 0.717) is 31.1 Å². The summed E-state index contributed by atoms with van der Waals surface area (Å²) >= 11 is 3.52. The molecule has 142 valence electrons. The minimum atomic E-state index is -1.45. The Bertz CT molecular complexity index is 1200. The second-order valence-corrected chi connectivity index (χ2v) is 8.79. The highest BCUT2D eigenvalue weighted by molar-refractivity contribution is 9.10. The van der Waals surface area contributed by atoms with Crippen LogP contribution in [0.15, 0.2) is 57.8 Å². The Morgan fingerprint density at radius 3 is 2.57 bits per heavy atom. The Balaban J connectivity index is 1.97. The number of nitrogens with zero attached hydrogens (tertiary/aromatic N) is 1. The summed E-state index contributed by atoms with van der Waals surface area (Å²) in [6.07, 6.45) is 1.51. The fourth-order valence-electron chi connectivity index (χ4n) is 5.35. The summed E-state index contributed by atoms with van der Waals surface area (Å²) in [6, 6.07) is 15.5. The molecule has 3 aromatic rings. The normalized spacial score (nSPS) is 25.9. The van der Waals surface area contributed by atoms with Crippen LogP contribution in [0.25, 0.3) is 21.9 Å². The average Bonchev–Trinajstić information content (AvgIpc) is 3.10. The van der Waals surface area contributed by atoms with Crippen LogP contribution in [0.5, 0.6) is 0 Å². The van der Waals surface area contributed by atoms with Gasteiger partial charge in [-0.15, -0.1) is 0 Å². The number of Topliss-reactive ketones (excluding diaryl/α,β-unsaturated/α-hetero) is 1. The van der Waals surface area contributed by atoms with E-state index in [2.05, 4.69) is 15.9 Å². The molecule has 5 rings (SSSR count). The molecule has 1 aromatic heterocycles. The monoisotopic (exact) mass is 437 g/mol. The molecule has 5 heteroatoms. The molecule has 0 saturated heterocycles. The van der Waals surface area contributed by atoms with Gasteiger partial charge in [0.15, 0.2) is 5.72 Å². The van der Waals surface area contributed by atoms with Crippen molar-refractivity contribution >= 4 is 32.5 Å². The van der Waals surface area contributed by atoms with Crippen LogP contribution in [0, 0.1) is 5.41 Å². The van der Waals surface area contributed by atoms with E-state index in [0.717, 1.165) is 26.7 Å². The lowest BCUT2D eigenvalue weighted by atomic mass is 9.75. The first-order valence-electron chi connectivity index (χ1n) is 9.62. The topological polar surface area (TPSA) is 59.3 Å². The van der Waals surface area contributed by atoms with Crippen LogP contribution in [0.1, 0.15) is 31.9 Å². The molecule has 1 aliphatic carbocycles. The van der Waals surface area contributed by atoms with Gasteiger partial charge in [-0.25, -0.2) is 0 Å².